The van der Waals surface area contributed by atoms with Gasteiger partial charge in [0.2, 0.25) is 11.7 Å². The number of hydrogen-bond acceptors (Lipinski definition) is 7. The summed E-state index contributed by atoms with van der Waals surface area (Å²) in [5.74, 6) is -0.786. The summed E-state index contributed by atoms with van der Waals surface area (Å²) in [5, 5.41) is 6.48. The van der Waals surface area contributed by atoms with E-state index in [9.17, 15) is 9.18 Å². The molecule has 0 atom stereocenters. The first-order chi connectivity index (χ1) is 12.1. The van der Waals surface area contributed by atoms with Gasteiger partial charge in [0.05, 0.1) is 12.7 Å². The molecule has 132 valence electrons. The third-order valence-corrected chi connectivity index (χ3v) is 4.16. The van der Waals surface area contributed by atoms with Gasteiger partial charge in [-0.25, -0.2) is 9.37 Å². The maximum atomic E-state index is 14.1. The summed E-state index contributed by atoms with van der Waals surface area (Å²) >= 11 is 0. The molecule has 1 aliphatic heterocycles. The molecule has 0 aliphatic carbocycles. The van der Waals surface area contributed by atoms with Gasteiger partial charge in [-0.15, -0.1) is 0 Å². The van der Waals surface area contributed by atoms with E-state index in [0.29, 0.717) is 5.95 Å². The monoisotopic (exact) mass is 345 g/mol. The number of nitrogen functional groups attached to an aromatic ring is 1. The van der Waals surface area contributed by atoms with Crippen LogP contribution < -0.4 is 21.1 Å². The van der Waals surface area contributed by atoms with E-state index in [1.54, 1.807) is 0 Å². The predicted octanol–water partition coefficient (Wildman–Crippen LogP) is 1.60. The second-order valence-corrected chi connectivity index (χ2v) is 5.81. The highest BCUT2D eigenvalue weighted by atomic mass is 19.1. The van der Waals surface area contributed by atoms with Gasteiger partial charge in [-0.05, 0) is 38.1 Å². The molecule has 0 saturated carbocycles. The van der Waals surface area contributed by atoms with Gasteiger partial charge in [0.1, 0.15) is 22.9 Å². The number of carbonyl (C=O) groups excluding carboxylic acids is 1. The van der Waals surface area contributed by atoms with E-state index in [4.69, 9.17) is 10.5 Å². The molecule has 1 aliphatic rings. The number of carbonyl (C=O) groups is 1. The number of rotatable bonds is 5. The van der Waals surface area contributed by atoms with Gasteiger partial charge in [-0.1, -0.05) is 6.07 Å². The molecule has 1 fully saturated rings. The largest absolute Gasteiger partial charge is 0.496 e. The maximum absolute atomic E-state index is 14.1. The summed E-state index contributed by atoms with van der Waals surface area (Å²) in [6.07, 6.45) is 3.23. The molecular formula is C17H20FN5O2. The van der Waals surface area contributed by atoms with Crippen molar-refractivity contribution in [3.63, 3.8) is 0 Å². The normalized spacial score (nSPS) is 15.0. The third kappa shape index (κ3) is 3.69. The van der Waals surface area contributed by atoms with Crippen molar-refractivity contribution in [2.24, 2.45) is 0 Å². The summed E-state index contributed by atoms with van der Waals surface area (Å²) in [7, 11) is 1.37. The number of ether oxygens (including phenoxy) is 1. The van der Waals surface area contributed by atoms with Gasteiger partial charge in [0.15, 0.2) is 0 Å². The van der Waals surface area contributed by atoms with Crippen LogP contribution in [-0.2, 0) is 0 Å². The number of hydrogen-bond donors (Lipinski definition) is 3. The van der Waals surface area contributed by atoms with Crippen molar-refractivity contribution in [1.29, 1.82) is 0 Å². The lowest BCUT2D eigenvalue weighted by atomic mass is 10.0. The van der Waals surface area contributed by atoms with Crippen molar-refractivity contribution in [1.82, 2.24) is 15.3 Å². The molecule has 0 bridgehead atoms. The molecule has 4 N–H and O–H groups in total. The number of methoxy groups -OCH3 is 1. The van der Waals surface area contributed by atoms with E-state index in [1.165, 1.54) is 31.5 Å². The summed E-state index contributed by atoms with van der Waals surface area (Å²) in [6, 6.07) is 4.44. The van der Waals surface area contributed by atoms with E-state index in [1.807, 2.05) is 0 Å². The van der Waals surface area contributed by atoms with Gasteiger partial charge in [-0.3, -0.25) is 4.79 Å². The number of nitrogens with zero attached hydrogens (tertiary/aromatic N) is 2. The second-order valence-electron chi connectivity index (χ2n) is 5.81. The van der Waals surface area contributed by atoms with E-state index in [-0.39, 0.29) is 28.7 Å². The molecule has 0 amide bonds. The topological polar surface area (TPSA) is 102 Å². The number of anilines is 2. The lowest BCUT2D eigenvalue weighted by Gasteiger charge is -2.23. The van der Waals surface area contributed by atoms with Crippen molar-refractivity contribution in [2.75, 3.05) is 31.2 Å². The minimum Gasteiger partial charge on any atom is -0.496 e. The zero-order chi connectivity index (χ0) is 17.8. The highest BCUT2D eigenvalue weighted by molar-refractivity contribution is 6.13. The number of piperidine rings is 1. The van der Waals surface area contributed by atoms with Crippen LogP contribution in [0.4, 0.5) is 16.2 Å². The molecule has 8 heteroatoms. The summed E-state index contributed by atoms with van der Waals surface area (Å²) in [6.45, 7) is 1.85. The van der Waals surface area contributed by atoms with Crippen LogP contribution in [0.2, 0.25) is 0 Å². The average Bonchev–Trinajstić information content (AvgIpc) is 2.62. The van der Waals surface area contributed by atoms with Crippen LogP contribution in [0.15, 0.2) is 24.4 Å². The fourth-order valence-electron chi connectivity index (χ4n) is 2.82. The van der Waals surface area contributed by atoms with Crippen molar-refractivity contribution < 1.29 is 13.9 Å². The minimum atomic E-state index is -0.680. The molecular weight excluding hydrogens is 325 g/mol. The molecule has 2 heterocycles. The zero-order valence-corrected chi connectivity index (χ0v) is 13.9. The third-order valence-electron chi connectivity index (χ3n) is 4.16. The van der Waals surface area contributed by atoms with Gasteiger partial charge in [0, 0.05) is 12.2 Å². The molecule has 1 aromatic carbocycles. The van der Waals surface area contributed by atoms with Crippen molar-refractivity contribution >= 4 is 17.5 Å². The number of benzene rings is 1. The van der Waals surface area contributed by atoms with E-state index < -0.39 is 11.6 Å². The Kier molecular flexibility index (Phi) is 5.08. The Morgan fingerprint density at radius 1 is 1.40 bits per heavy atom. The quantitative estimate of drug-likeness (QED) is 0.707. The fraction of sp³-hybridized carbons (Fsp3) is 0.353. The average molecular weight is 345 g/mol. The summed E-state index contributed by atoms with van der Waals surface area (Å²) in [5.41, 5.74) is 5.78. The van der Waals surface area contributed by atoms with Crippen LogP contribution in [-0.4, -0.2) is 42.0 Å². The molecule has 3 rings (SSSR count). The molecule has 25 heavy (non-hydrogen) atoms. The Morgan fingerprint density at radius 3 is 2.84 bits per heavy atom. The first-order valence-electron chi connectivity index (χ1n) is 8.07. The Morgan fingerprint density at radius 2 is 2.16 bits per heavy atom. The number of nitrogens with two attached hydrogens (primary N) is 1. The summed E-state index contributed by atoms with van der Waals surface area (Å²) in [4.78, 5) is 21.0. The van der Waals surface area contributed by atoms with Crippen LogP contribution in [0.1, 0.15) is 28.8 Å². The minimum absolute atomic E-state index is 0.00161. The smallest absolute Gasteiger partial charge is 0.224 e. The lowest BCUT2D eigenvalue weighted by Crippen LogP contribution is -2.35. The van der Waals surface area contributed by atoms with E-state index >= 15 is 0 Å². The second kappa shape index (κ2) is 7.43. The predicted molar refractivity (Wildman–Crippen MR) is 92.3 cm³/mol. The Labute approximate surface area is 144 Å². The number of nitrogens with one attached hydrogen (secondary N) is 2. The Hall–Kier alpha value is -2.74. The van der Waals surface area contributed by atoms with Crippen LogP contribution >= 0.6 is 0 Å². The van der Waals surface area contributed by atoms with Crippen LogP contribution in [0.25, 0.3) is 0 Å². The first kappa shape index (κ1) is 17.1. The molecule has 7 nitrogen and oxygen atoms in total. The van der Waals surface area contributed by atoms with Crippen molar-refractivity contribution in [3.05, 3.63) is 41.3 Å². The Bertz CT molecular complexity index is 778. The van der Waals surface area contributed by atoms with Crippen LogP contribution in [0, 0.1) is 5.82 Å². The Balaban J connectivity index is 1.84. The van der Waals surface area contributed by atoms with Gasteiger partial charge < -0.3 is 21.1 Å². The van der Waals surface area contributed by atoms with Gasteiger partial charge in [-0.2, -0.15) is 4.98 Å². The lowest BCUT2D eigenvalue weighted by molar-refractivity contribution is 0.103. The standard InChI is InChI=1S/C17H20FN5O2/c1-25-13-4-2-3-12(18)14(13)15(24)11-9-21-17(23-16(11)19)22-10-5-7-20-8-6-10/h2-4,9-10,20H,5-8H2,1H3,(H3,19,21,22,23). The SMILES string of the molecule is COc1cccc(F)c1C(=O)c1cnc(NC2CCNCC2)nc1N. The highest BCUT2D eigenvalue weighted by Crippen LogP contribution is 2.26. The zero-order valence-electron chi connectivity index (χ0n) is 13.9. The number of halogens is 1. The van der Waals surface area contributed by atoms with Crippen LogP contribution in [0.3, 0.4) is 0 Å². The van der Waals surface area contributed by atoms with E-state index in [0.717, 1.165) is 25.9 Å². The molecule has 0 unspecified atom stereocenters. The highest BCUT2D eigenvalue weighted by Gasteiger charge is 2.23. The van der Waals surface area contributed by atoms with Crippen LogP contribution in [0.5, 0.6) is 5.75 Å². The molecule has 2 aromatic rings. The molecule has 0 spiro atoms. The van der Waals surface area contributed by atoms with Crippen molar-refractivity contribution in [3.8, 4) is 5.75 Å². The maximum Gasteiger partial charge on any atom is 0.224 e. The molecule has 1 saturated heterocycles. The molecule has 1 aromatic heterocycles. The van der Waals surface area contributed by atoms with Crippen molar-refractivity contribution in [2.45, 2.75) is 18.9 Å². The van der Waals surface area contributed by atoms with Gasteiger partial charge in [0.25, 0.3) is 0 Å². The fourth-order valence-corrected chi connectivity index (χ4v) is 2.82. The number of ketones is 1. The first-order valence-corrected chi connectivity index (χ1v) is 8.07. The molecule has 0 radical (unpaired) electrons. The van der Waals surface area contributed by atoms with Gasteiger partial charge >= 0.3 is 0 Å². The van der Waals surface area contributed by atoms with E-state index in [2.05, 4.69) is 20.6 Å². The number of aromatic nitrogens is 2. The summed E-state index contributed by atoms with van der Waals surface area (Å²) < 4.78 is 19.2.